The van der Waals surface area contributed by atoms with Crippen LogP contribution in [-0.4, -0.2) is 25.3 Å². The van der Waals surface area contributed by atoms with Crippen molar-refractivity contribution < 1.29 is 4.74 Å². The zero-order valence-electron chi connectivity index (χ0n) is 11.0. The van der Waals surface area contributed by atoms with Gasteiger partial charge in [0.1, 0.15) is 0 Å². The third kappa shape index (κ3) is 4.12. The molecule has 0 spiro atoms. The average Bonchev–Trinajstić information content (AvgIpc) is 2.10. The van der Waals surface area contributed by atoms with Crippen LogP contribution in [0.3, 0.4) is 0 Å². The minimum Gasteiger partial charge on any atom is -0.371 e. The molecule has 3 atom stereocenters. The van der Waals surface area contributed by atoms with E-state index in [1.54, 1.807) is 0 Å². The predicted molar refractivity (Wildman–Crippen MR) is 65.1 cm³/mol. The number of likely N-dealkylation sites (N-methyl/N-ethyl adjacent to an activating group) is 1. The average molecular weight is 213 g/mol. The molecule has 2 nitrogen and oxygen atoms in total. The minimum absolute atomic E-state index is 0.0281. The largest absolute Gasteiger partial charge is 0.371 e. The van der Waals surface area contributed by atoms with E-state index in [0.717, 1.165) is 18.4 Å². The van der Waals surface area contributed by atoms with Crippen molar-refractivity contribution >= 4 is 0 Å². The Balaban J connectivity index is 2.39. The van der Waals surface area contributed by atoms with E-state index in [2.05, 4.69) is 33.0 Å². The van der Waals surface area contributed by atoms with Gasteiger partial charge in [-0.2, -0.15) is 0 Å². The zero-order chi connectivity index (χ0) is 11.5. The Morgan fingerprint density at radius 3 is 2.40 bits per heavy atom. The first-order valence-corrected chi connectivity index (χ1v) is 6.27. The fourth-order valence-corrected chi connectivity index (χ4v) is 2.52. The number of nitrogens with one attached hydrogen (secondary N) is 1. The molecule has 0 aromatic heterocycles. The van der Waals surface area contributed by atoms with Crippen molar-refractivity contribution in [3.05, 3.63) is 0 Å². The molecule has 0 aromatic rings. The van der Waals surface area contributed by atoms with E-state index >= 15 is 0 Å². The van der Waals surface area contributed by atoms with E-state index < -0.39 is 0 Å². The van der Waals surface area contributed by atoms with Gasteiger partial charge < -0.3 is 10.1 Å². The van der Waals surface area contributed by atoms with Gasteiger partial charge in [0.2, 0.25) is 0 Å². The van der Waals surface area contributed by atoms with Gasteiger partial charge >= 0.3 is 0 Å². The second-order valence-electron chi connectivity index (χ2n) is 5.80. The van der Waals surface area contributed by atoms with Gasteiger partial charge in [0, 0.05) is 6.54 Å². The van der Waals surface area contributed by atoms with Crippen molar-refractivity contribution in [1.82, 2.24) is 5.32 Å². The molecule has 1 saturated carbocycles. The molecule has 2 heteroatoms. The molecule has 0 saturated heterocycles. The molecule has 0 heterocycles. The number of hydrogen-bond donors (Lipinski definition) is 1. The fourth-order valence-electron chi connectivity index (χ4n) is 2.52. The second kappa shape index (κ2) is 5.31. The lowest BCUT2D eigenvalue weighted by atomic mass is 9.80. The second-order valence-corrected chi connectivity index (χ2v) is 5.80. The topological polar surface area (TPSA) is 21.3 Å². The third-order valence-electron chi connectivity index (χ3n) is 3.64. The predicted octanol–water partition coefficient (Wildman–Crippen LogP) is 2.83. The van der Waals surface area contributed by atoms with Gasteiger partial charge in [-0.05, 0) is 52.0 Å². The van der Waals surface area contributed by atoms with Crippen LogP contribution in [0.1, 0.15) is 47.0 Å². The molecule has 15 heavy (non-hydrogen) atoms. The first kappa shape index (κ1) is 13.0. The summed E-state index contributed by atoms with van der Waals surface area (Å²) in [5, 5.41) is 3.19. The summed E-state index contributed by atoms with van der Waals surface area (Å²) in [5.41, 5.74) is -0.0281. The van der Waals surface area contributed by atoms with Crippen molar-refractivity contribution in [2.24, 2.45) is 11.8 Å². The summed E-state index contributed by atoms with van der Waals surface area (Å²) in [6.07, 6.45) is 4.26. The summed E-state index contributed by atoms with van der Waals surface area (Å²) >= 11 is 0. The van der Waals surface area contributed by atoms with Crippen molar-refractivity contribution in [2.45, 2.75) is 58.7 Å². The Kier molecular flexibility index (Phi) is 4.60. The minimum atomic E-state index is -0.0281. The van der Waals surface area contributed by atoms with Gasteiger partial charge in [-0.3, -0.25) is 0 Å². The Morgan fingerprint density at radius 2 is 1.87 bits per heavy atom. The maximum Gasteiger partial charge on any atom is 0.0753 e. The standard InChI is InChI=1S/C13H27NO/c1-10-6-7-12(8-11(10)2)15-13(3,4)9-14-5/h10-12,14H,6-9H2,1-5H3. The molecule has 1 fully saturated rings. The maximum absolute atomic E-state index is 6.18. The van der Waals surface area contributed by atoms with Crippen molar-refractivity contribution in [2.75, 3.05) is 13.6 Å². The van der Waals surface area contributed by atoms with Crippen LogP contribution in [0.25, 0.3) is 0 Å². The van der Waals surface area contributed by atoms with Crippen molar-refractivity contribution in [1.29, 1.82) is 0 Å². The first-order chi connectivity index (χ1) is 6.94. The van der Waals surface area contributed by atoms with Crippen LogP contribution < -0.4 is 5.32 Å². The molecule has 0 aliphatic heterocycles. The van der Waals surface area contributed by atoms with Gasteiger partial charge in [-0.1, -0.05) is 13.8 Å². The molecule has 1 N–H and O–H groups in total. The van der Waals surface area contributed by atoms with Crippen LogP contribution in [0.2, 0.25) is 0 Å². The SMILES string of the molecule is CNCC(C)(C)OC1CCC(C)C(C)C1. The van der Waals surface area contributed by atoms with Gasteiger partial charge in [-0.25, -0.2) is 0 Å². The van der Waals surface area contributed by atoms with Crippen LogP contribution >= 0.6 is 0 Å². The highest BCUT2D eigenvalue weighted by Gasteiger charge is 2.29. The van der Waals surface area contributed by atoms with Crippen LogP contribution in [-0.2, 0) is 4.74 Å². The number of hydrogen-bond acceptors (Lipinski definition) is 2. The Hall–Kier alpha value is -0.0800. The van der Waals surface area contributed by atoms with Gasteiger partial charge in [-0.15, -0.1) is 0 Å². The molecule has 90 valence electrons. The lowest BCUT2D eigenvalue weighted by Gasteiger charge is -2.37. The number of ether oxygens (including phenoxy) is 1. The van der Waals surface area contributed by atoms with E-state index in [0.29, 0.717) is 6.10 Å². The van der Waals surface area contributed by atoms with Crippen LogP contribution in [0.5, 0.6) is 0 Å². The monoisotopic (exact) mass is 213 g/mol. The third-order valence-corrected chi connectivity index (χ3v) is 3.64. The normalized spacial score (nSPS) is 33.0. The molecular formula is C13H27NO. The van der Waals surface area contributed by atoms with E-state index in [1.165, 1.54) is 19.3 Å². The quantitative estimate of drug-likeness (QED) is 0.775. The molecule has 0 amide bonds. The Bertz CT molecular complexity index is 191. The molecule has 1 aliphatic carbocycles. The lowest BCUT2D eigenvalue weighted by Crippen LogP contribution is -2.41. The zero-order valence-corrected chi connectivity index (χ0v) is 11.0. The summed E-state index contributed by atoms with van der Waals surface area (Å²) in [7, 11) is 1.98. The first-order valence-electron chi connectivity index (χ1n) is 6.27. The van der Waals surface area contributed by atoms with Gasteiger partial charge in [0.25, 0.3) is 0 Å². The number of rotatable bonds is 4. The van der Waals surface area contributed by atoms with Crippen LogP contribution in [0, 0.1) is 11.8 Å². The molecular weight excluding hydrogens is 186 g/mol. The summed E-state index contributed by atoms with van der Waals surface area (Å²) in [6.45, 7) is 9.98. The highest BCUT2D eigenvalue weighted by atomic mass is 16.5. The summed E-state index contributed by atoms with van der Waals surface area (Å²) in [4.78, 5) is 0. The molecule has 1 aliphatic rings. The molecule has 0 aromatic carbocycles. The van der Waals surface area contributed by atoms with Gasteiger partial charge in [0.05, 0.1) is 11.7 Å². The molecule has 0 radical (unpaired) electrons. The lowest BCUT2D eigenvalue weighted by molar-refractivity contribution is -0.0939. The van der Waals surface area contributed by atoms with E-state index in [1.807, 2.05) is 7.05 Å². The molecule has 0 bridgehead atoms. The van der Waals surface area contributed by atoms with E-state index in [9.17, 15) is 0 Å². The van der Waals surface area contributed by atoms with Crippen LogP contribution in [0.4, 0.5) is 0 Å². The maximum atomic E-state index is 6.18. The summed E-state index contributed by atoms with van der Waals surface area (Å²) in [6, 6.07) is 0. The van der Waals surface area contributed by atoms with E-state index in [-0.39, 0.29) is 5.60 Å². The van der Waals surface area contributed by atoms with Crippen LogP contribution in [0.15, 0.2) is 0 Å². The Labute approximate surface area is 94.8 Å². The van der Waals surface area contributed by atoms with E-state index in [4.69, 9.17) is 4.74 Å². The fraction of sp³-hybridized carbons (Fsp3) is 1.00. The smallest absolute Gasteiger partial charge is 0.0753 e. The molecule has 3 unspecified atom stereocenters. The molecule has 1 rings (SSSR count). The van der Waals surface area contributed by atoms with Crippen molar-refractivity contribution in [3.63, 3.8) is 0 Å². The summed E-state index contributed by atoms with van der Waals surface area (Å²) in [5.74, 6) is 1.69. The Morgan fingerprint density at radius 1 is 1.20 bits per heavy atom. The summed E-state index contributed by atoms with van der Waals surface area (Å²) < 4.78 is 6.18. The van der Waals surface area contributed by atoms with Crippen molar-refractivity contribution in [3.8, 4) is 0 Å². The highest BCUT2D eigenvalue weighted by Crippen LogP contribution is 2.32. The highest BCUT2D eigenvalue weighted by molar-refractivity contribution is 4.80. The van der Waals surface area contributed by atoms with Gasteiger partial charge in [0.15, 0.2) is 0 Å².